The zero-order chi connectivity index (χ0) is 27.9. The van der Waals surface area contributed by atoms with Gasteiger partial charge in [-0.25, -0.2) is 0 Å². The Morgan fingerprint density at radius 1 is 0.949 bits per heavy atom. The lowest BCUT2D eigenvalue weighted by Gasteiger charge is -2.38. The first-order valence-electron chi connectivity index (χ1n) is 12.9. The molecule has 1 fully saturated rings. The Bertz CT molecular complexity index is 1340. The number of carbonyl (C=O) groups excluding carboxylic acids is 2. The number of hydrogen-bond donors (Lipinski definition) is 2. The molecule has 1 heterocycles. The molecule has 0 aliphatic carbocycles. The molecule has 4 rings (SSSR count). The first kappa shape index (κ1) is 27.4. The molecule has 0 bridgehead atoms. The number of anilines is 3. The predicted octanol–water partition coefficient (Wildman–Crippen LogP) is 4.71. The summed E-state index contributed by atoms with van der Waals surface area (Å²) in [4.78, 5) is 41.0. The second-order valence-corrected chi connectivity index (χ2v) is 9.42. The van der Waals surface area contributed by atoms with Gasteiger partial charge in [-0.2, -0.15) is 0 Å². The molecule has 1 aliphatic heterocycles. The summed E-state index contributed by atoms with van der Waals surface area (Å²) in [6.07, 6.45) is 0.787. The van der Waals surface area contributed by atoms with E-state index in [-0.39, 0.29) is 23.2 Å². The minimum atomic E-state index is -0.515. The molecule has 10 heteroatoms. The van der Waals surface area contributed by atoms with E-state index in [2.05, 4.69) is 20.4 Å². The van der Waals surface area contributed by atoms with Gasteiger partial charge < -0.3 is 25.2 Å². The minimum Gasteiger partial charge on any atom is -0.495 e. The van der Waals surface area contributed by atoms with E-state index in [1.165, 1.54) is 24.3 Å². The zero-order valence-corrected chi connectivity index (χ0v) is 22.3. The van der Waals surface area contributed by atoms with Crippen molar-refractivity contribution in [3.63, 3.8) is 0 Å². The lowest BCUT2D eigenvalue weighted by Crippen LogP contribution is -2.47. The smallest absolute Gasteiger partial charge is 0.269 e. The number of nitro groups is 1. The number of nitro benzene ring substituents is 1. The molecule has 0 aromatic heterocycles. The van der Waals surface area contributed by atoms with Gasteiger partial charge in [0.15, 0.2) is 0 Å². The monoisotopic (exact) mass is 531 g/mol. The van der Waals surface area contributed by atoms with Crippen LogP contribution in [0.15, 0.2) is 66.7 Å². The van der Waals surface area contributed by atoms with Crippen LogP contribution in [0.5, 0.6) is 5.75 Å². The highest BCUT2D eigenvalue weighted by Gasteiger charge is 2.24. The average Bonchev–Trinajstić information content (AvgIpc) is 2.97. The zero-order valence-electron chi connectivity index (χ0n) is 22.3. The van der Waals surface area contributed by atoms with Gasteiger partial charge >= 0.3 is 0 Å². The summed E-state index contributed by atoms with van der Waals surface area (Å²) in [5.74, 6) is 0.196. The van der Waals surface area contributed by atoms with Crippen LogP contribution < -0.4 is 25.2 Å². The molecule has 3 aromatic rings. The van der Waals surface area contributed by atoms with Gasteiger partial charge in [-0.05, 0) is 55.8 Å². The summed E-state index contributed by atoms with van der Waals surface area (Å²) in [5.41, 5.74) is 2.96. The van der Waals surface area contributed by atoms with Crippen LogP contribution in [0.2, 0.25) is 0 Å². The summed E-state index contributed by atoms with van der Waals surface area (Å²) >= 11 is 0. The number of carbonyl (C=O) groups is 2. The van der Waals surface area contributed by atoms with Crippen molar-refractivity contribution in [1.82, 2.24) is 5.32 Å². The molecule has 204 valence electrons. The molecule has 10 nitrogen and oxygen atoms in total. The SMILES string of the molecule is CCC(C)NC(=O)c1cc(NC(=O)c2ccc([N+](=O)[O-])cc2)ccc1N1CCN(c2ccccc2OC)CC1. The molecule has 2 amide bonds. The molecule has 39 heavy (non-hydrogen) atoms. The van der Waals surface area contributed by atoms with Crippen molar-refractivity contribution < 1.29 is 19.2 Å². The van der Waals surface area contributed by atoms with Gasteiger partial charge in [0, 0.05) is 61.3 Å². The predicted molar refractivity (Wildman–Crippen MR) is 152 cm³/mol. The number of ether oxygens (including phenoxy) is 1. The number of nitrogens with zero attached hydrogens (tertiary/aromatic N) is 3. The van der Waals surface area contributed by atoms with E-state index < -0.39 is 10.8 Å². The molecule has 3 aromatic carbocycles. The van der Waals surface area contributed by atoms with Gasteiger partial charge in [0.25, 0.3) is 17.5 Å². The summed E-state index contributed by atoms with van der Waals surface area (Å²) in [6.45, 7) is 6.87. The van der Waals surface area contributed by atoms with Crippen molar-refractivity contribution in [2.24, 2.45) is 0 Å². The van der Waals surface area contributed by atoms with Gasteiger partial charge in [0.1, 0.15) is 5.75 Å². The topological polar surface area (TPSA) is 117 Å². The lowest BCUT2D eigenvalue weighted by atomic mass is 10.1. The summed E-state index contributed by atoms with van der Waals surface area (Å²) in [7, 11) is 1.67. The maximum atomic E-state index is 13.3. The number of benzene rings is 3. The second-order valence-electron chi connectivity index (χ2n) is 9.42. The van der Waals surface area contributed by atoms with Crippen molar-refractivity contribution in [2.45, 2.75) is 26.3 Å². The Morgan fingerprint density at radius 3 is 2.21 bits per heavy atom. The highest BCUT2D eigenvalue weighted by Crippen LogP contribution is 2.31. The number of amides is 2. The standard InChI is InChI=1S/C29H33N5O5/c1-4-20(2)30-29(36)24-19-22(31-28(35)21-9-12-23(13-10-21)34(37)38)11-14-25(24)32-15-17-33(18-16-32)26-7-5-6-8-27(26)39-3/h5-14,19-20H,4,15-18H2,1-3H3,(H,30,36)(H,31,35). The van der Waals surface area contributed by atoms with Crippen LogP contribution in [-0.2, 0) is 0 Å². The van der Waals surface area contributed by atoms with Crippen molar-refractivity contribution >= 4 is 34.6 Å². The van der Waals surface area contributed by atoms with Crippen molar-refractivity contribution in [3.8, 4) is 5.75 Å². The third-order valence-corrected chi connectivity index (χ3v) is 6.88. The van der Waals surface area contributed by atoms with E-state index in [9.17, 15) is 19.7 Å². The lowest BCUT2D eigenvalue weighted by molar-refractivity contribution is -0.384. The maximum absolute atomic E-state index is 13.3. The molecule has 1 saturated heterocycles. The number of methoxy groups -OCH3 is 1. The third kappa shape index (κ3) is 6.46. The van der Waals surface area contributed by atoms with Gasteiger partial charge in [0.2, 0.25) is 0 Å². The Morgan fingerprint density at radius 2 is 1.59 bits per heavy atom. The number of hydrogen-bond acceptors (Lipinski definition) is 7. The minimum absolute atomic E-state index is 0.00824. The highest BCUT2D eigenvalue weighted by atomic mass is 16.6. The van der Waals surface area contributed by atoms with Crippen LogP contribution in [0.3, 0.4) is 0 Å². The molecule has 0 spiro atoms. The van der Waals surface area contributed by atoms with Crippen LogP contribution in [0.4, 0.5) is 22.7 Å². The van der Waals surface area contributed by atoms with Gasteiger partial charge in [0.05, 0.1) is 23.3 Å². The first-order chi connectivity index (χ1) is 18.8. The number of non-ortho nitro benzene ring substituents is 1. The number of para-hydroxylation sites is 2. The quantitative estimate of drug-likeness (QED) is 0.303. The van der Waals surface area contributed by atoms with Gasteiger partial charge in [-0.15, -0.1) is 0 Å². The average molecular weight is 532 g/mol. The van der Waals surface area contributed by atoms with E-state index >= 15 is 0 Å². The number of piperazine rings is 1. The normalized spacial score (nSPS) is 13.9. The van der Waals surface area contributed by atoms with E-state index in [1.54, 1.807) is 19.2 Å². The van der Waals surface area contributed by atoms with E-state index in [0.717, 1.165) is 36.6 Å². The first-order valence-corrected chi connectivity index (χ1v) is 12.9. The van der Waals surface area contributed by atoms with Crippen molar-refractivity contribution in [3.05, 3.63) is 88.0 Å². The molecule has 0 radical (unpaired) electrons. The van der Waals surface area contributed by atoms with Crippen molar-refractivity contribution in [1.29, 1.82) is 0 Å². The van der Waals surface area contributed by atoms with Crippen LogP contribution in [0, 0.1) is 10.1 Å². The van der Waals surface area contributed by atoms with Crippen molar-refractivity contribution in [2.75, 3.05) is 48.4 Å². The largest absolute Gasteiger partial charge is 0.495 e. The summed E-state index contributed by atoms with van der Waals surface area (Å²) in [6, 6.07) is 18.6. The fraction of sp³-hybridized carbons (Fsp3) is 0.310. The number of nitrogens with one attached hydrogen (secondary N) is 2. The van der Waals surface area contributed by atoms with Crippen LogP contribution >= 0.6 is 0 Å². The van der Waals surface area contributed by atoms with Crippen LogP contribution in [0.1, 0.15) is 41.0 Å². The molecule has 1 atom stereocenters. The highest BCUT2D eigenvalue weighted by molar-refractivity contribution is 6.06. The van der Waals surface area contributed by atoms with E-state index in [0.29, 0.717) is 24.3 Å². The van der Waals surface area contributed by atoms with E-state index in [4.69, 9.17) is 4.74 Å². The molecule has 0 saturated carbocycles. The third-order valence-electron chi connectivity index (χ3n) is 6.88. The molecule has 1 unspecified atom stereocenters. The Balaban J connectivity index is 1.54. The molecular formula is C29H33N5O5. The summed E-state index contributed by atoms with van der Waals surface area (Å²) in [5, 5.41) is 16.8. The van der Waals surface area contributed by atoms with Crippen LogP contribution in [0.25, 0.3) is 0 Å². The summed E-state index contributed by atoms with van der Waals surface area (Å²) < 4.78 is 5.53. The Kier molecular flexibility index (Phi) is 8.65. The van der Waals surface area contributed by atoms with Gasteiger partial charge in [-0.3, -0.25) is 19.7 Å². The second kappa shape index (κ2) is 12.3. The van der Waals surface area contributed by atoms with Gasteiger partial charge in [-0.1, -0.05) is 19.1 Å². The number of rotatable bonds is 9. The molecular weight excluding hydrogens is 498 g/mol. The van der Waals surface area contributed by atoms with E-state index in [1.807, 2.05) is 44.2 Å². The Hall–Kier alpha value is -4.60. The van der Waals surface area contributed by atoms with Crippen LogP contribution in [-0.4, -0.2) is 56.1 Å². The Labute approximate surface area is 227 Å². The fourth-order valence-electron chi connectivity index (χ4n) is 4.49. The molecule has 1 aliphatic rings. The fourth-order valence-corrected chi connectivity index (χ4v) is 4.49. The molecule has 2 N–H and O–H groups in total. The maximum Gasteiger partial charge on any atom is 0.269 e.